The maximum absolute atomic E-state index is 9.26. The monoisotopic (exact) mass is 380 g/mol. The van der Waals surface area contributed by atoms with Gasteiger partial charge in [0.05, 0.1) is 6.61 Å². The lowest BCUT2D eigenvalue weighted by atomic mass is 10.2. The first-order valence-corrected chi connectivity index (χ1v) is 9.52. The molecule has 24 heavy (non-hydrogen) atoms. The van der Waals surface area contributed by atoms with Gasteiger partial charge < -0.3 is 15.3 Å². The van der Waals surface area contributed by atoms with E-state index in [0.717, 1.165) is 17.3 Å². The van der Waals surface area contributed by atoms with E-state index in [1.54, 1.807) is 11.8 Å². The van der Waals surface area contributed by atoms with Gasteiger partial charge in [-0.05, 0) is 42.0 Å². The Balaban J connectivity index is 1.76. The second kappa shape index (κ2) is 10.6. The fourth-order valence-corrected chi connectivity index (χ4v) is 3.30. The second-order valence-corrected chi connectivity index (χ2v) is 7.16. The van der Waals surface area contributed by atoms with Crippen LogP contribution in [0.2, 0.25) is 5.02 Å². The summed E-state index contributed by atoms with van der Waals surface area (Å²) >= 11 is 13.1. The van der Waals surface area contributed by atoms with Crippen LogP contribution in [0.15, 0.2) is 59.5 Å². The van der Waals surface area contributed by atoms with Gasteiger partial charge in [-0.1, -0.05) is 41.9 Å². The summed E-state index contributed by atoms with van der Waals surface area (Å²) in [6, 6.07) is 17.9. The number of aliphatic hydroxyl groups excluding tert-OH is 1. The maximum Gasteiger partial charge on any atom is 0.169 e. The van der Waals surface area contributed by atoms with Gasteiger partial charge in [-0.3, -0.25) is 0 Å². The molecular weight excluding hydrogens is 360 g/mol. The lowest BCUT2D eigenvalue weighted by molar-refractivity contribution is 0.245. The van der Waals surface area contributed by atoms with Crippen LogP contribution in [-0.2, 0) is 6.54 Å². The number of nitrogens with one attached hydrogen (secondary N) is 1. The first-order chi connectivity index (χ1) is 11.7. The second-order valence-electron chi connectivity index (χ2n) is 5.17. The minimum atomic E-state index is 0.0776. The number of aliphatic hydroxyl groups is 1. The third-order valence-electron chi connectivity index (χ3n) is 3.33. The number of thiocarbonyl (C=S) groups is 1. The molecule has 0 aliphatic heterocycles. The number of hydrogen-bond acceptors (Lipinski definition) is 3. The maximum atomic E-state index is 9.26. The Morgan fingerprint density at radius 1 is 1.12 bits per heavy atom. The fraction of sp³-hybridized carbons (Fsp3) is 0.278. The average molecular weight is 381 g/mol. The van der Waals surface area contributed by atoms with Crippen molar-refractivity contribution in [1.29, 1.82) is 0 Å². The Bertz CT molecular complexity index is 623. The summed E-state index contributed by atoms with van der Waals surface area (Å²) in [7, 11) is 0. The molecule has 0 saturated heterocycles. The number of hydrogen-bond donors (Lipinski definition) is 2. The summed E-state index contributed by atoms with van der Waals surface area (Å²) in [5, 5.41) is 14.0. The molecule has 3 nitrogen and oxygen atoms in total. The molecule has 0 fully saturated rings. The quantitative estimate of drug-likeness (QED) is 0.413. The van der Waals surface area contributed by atoms with E-state index < -0.39 is 0 Å². The van der Waals surface area contributed by atoms with Gasteiger partial charge in [0, 0.05) is 35.3 Å². The minimum absolute atomic E-state index is 0.0776. The summed E-state index contributed by atoms with van der Waals surface area (Å²) < 4.78 is 0. The first kappa shape index (κ1) is 19.1. The first-order valence-electron chi connectivity index (χ1n) is 7.75. The van der Waals surface area contributed by atoms with Crippen LogP contribution in [0.1, 0.15) is 5.56 Å². The molecule has 0 aliphatic carbocycles. The Hall–Kier alpha value is -1.27. The van der Waals surface area contributed by atoms with E-state index in [0.29, 0.717) is 18.2 Å². The Morgan fingerprint density at radius 3 is 2.50 bits per heavy atom. The van der Waals surface area contributed by atoms with Crippen molar-refractivity contribution in [3.63, 3.8) is 0 Å². The number of rotatable bonds is 8. The van der Waals surface area contributed by atoms with Crippen molar-refractivity contribution < 1.29 is 5.11 Å². The van der Waals surface area contributed by atoms with Gasteiger partial charge in [-0.25, -0.2) is 0 Å². The summed E-state index contributed by atoms with van der Waals surface area (Å²) in [5.41, 5.74) is 1.17. The van der Waals surface area contributed by atoms with Gasteiger partial charge in [-0.2, -0.15) is 0 Å². The lowest BCUT2D eigenvalue weighted by Gasteiger charge is -2.25. The van der Waals surface area contributed by atoms with Crippen molar-refractivity contribution in [1.82, 2.24) is 10.2 Å². The third kappa shape index (κ3) is 6.69. The molecule has 0 amide bonds. The van der Waals surface area contributed by atoms with Crippen LogP contribution in [0.3, 0.4) is 0 Å². The van der Waals surface area contributed by atoms with Gasteiger partial charge in [0.1, 0.15) is 0 Å². The summed E-state index contributed by atoms with van der Waals surface area (Å²) in [6.07, 6.45) is 0. The van der Waals surface area contributed by atoms with Gasteiger partial charge in [-0.15, -0.1) is 11.8 Å². The highest BCUT2D eigenvalue weighted by molar-refractivity contribution is 7.99. The molecule has 0 spiro atoms. The predicted octanol–water partition coefficient (Wildman–Crippen LogP) is 3.80. The van der Waals surface area contributed by atoms with Crippen molar-refractivity contribution in [2.45, 2.75) is 11.4 Å². The molecule has 2 aromatic rings. The molecule has 0 saturated carbocycles. The number of nitrogens with zero attached hydrogens (tertiary/aromatic N) is 1. The molecule has 0 aromatic heterocycles. The zero-order chi connectivity index (χ0) is 17.2. The molecule has 128 valence electrons. The van der Waals surface area contributed by atoms with Crippen LogP contribution in [0, 0.1) is 0 Å². The van der Waals surface area contributed by atoms with Gasteiger partial charge in [0.2, 0.25) is 0 Å². The number of thioether (sulfide) groups is 1. The zero-order valence-electron chi connectivity index (χ0n) is 13.3. The summed E-state index contributed by atoms with van der Waals surface area (Å²) in [6.45, 7) is 2.06. The van der Waals surface area contributed by atoms with Crippen LogP contribution in [0.25, 0.3) is 0 Å². The average Bonchev–Trinajstić information content (AvgIpc) is 2.60. The van der Waals surface area contributed by atoms with E-state index in [2.05, 4.69) is 17.4 Å². The topological polar surface area (TPSA) is 35.5 Å². The van der Waals surface area contributed by atoms with E-state index in [1.807, 2.05) is 47.4 Å². The van der Waals surface area contributed by atoms with Gasteiger partial charge in [0.15, 0.2) is 5.11 Å². The van der Waals surface area contributed by atoms with E-state index in [4.69, 9.17) is 23.8 Å². The summed E-state index contributed by atoms with van der Waals surface area (Å²) in [4.78, 5) is 3.17. The molecule has 2 aromatic carbocycles. The molecule has 0 aliphatic rings. The minimum Gasteiger partial charge on any atom is -0.395 e. The molecule has 2 N–H and O–H groups in total. The highest BCUT2D eigenvalue weighted by atomic mass is 35.5. The van der Waals surface area contributed by atoms with Crippen LogP contribution >= 0.6 is 35.6 Å². The molecule has 0 atom stereocenters. The standard InChI is InChI=1S/C18H21ClN2OS2/c19-16-6-8-17(9-7-16)24-13-10-20-18(23)21(11-12-22)14-15-4-2-1-3-5-15/h1-9,22H,10-14H2,(H,20,23). The molecule has 6 heteroatoms. The van der Waals surface area contributed by atoms with Gasteiger partial charge in [0.25, 0.3) is 0 Å². The normalized spacial score (nSPS) is 10.4. The van der Waals surface area contributed by atoms with Gasteiger partial charge >= 0.3 is 0 Å². The van der Waals surface area contributed by atoms with Crippen LogP contribution in [0.4, 0.5) is 0 Å². The van der Waals surface area contributed by atoms with E-state index >= 15 is 0 Å². The molecule has 0 radical (unpaired) electrons. The van der Waals surface area contributed by atoms with Crippen molar-refractivity contribution in [3.8, 4) is 0 Å². The smallest absolute Gasteiger partial charge is 0.169 e. The number of benzene rings is 2. The van der Waals surface area contributed by atoms with E-state index in [9.17, 15) is 5.11 Å². The SMILES string of the molecule is OCCN(Cc1ccccc1)C(=S)NCCSc1ccc(Cl)cc1. The molecular formula is C18H21ClN2OS2. The van der Waals surface area contributed by atoms with Crippen molar-refractivity contribution in [3.05, 3.63) is 65.2 Å². The molecule has 2 rings (SSSR count). The highest BCUT2D eigenvalue weighted by Gasteiger charge is 2.09. The van der Waals surface area contributed by atoms with Crippen molar-refractivity contribution in [2.75, 3.05) is 25.4 Å². The van der Waals surface area contributed by atoms with Crippen LogP contribution in [-0.4, -0.2) is 40.6 Å². The Kier molecular flexibility index (Phi) is 8.39. The molecule has 0 unspecified atom stereocenters. The predicted molar refractivity (Wildman–Crippen MR) is 107 cm³/mol. The molecule has 0 bridgehead atoms. The Labute approximate surface area is 158 Å². The largest absolute Gasteiger partial charge is 0.395 e. The lowest BCUT2D eigenvalue weighted by Crippen LogP contribution is -2.41. The van der Waals surface area contributed by atoms with Crippen molar-refractivity contribution in [2.24, 2.45) is 0 Å². The Morgan fingerprint density at radius 2 is 1.83 bits per heavy atom. The molecule has 0 heterocycles. The highest BCUT2D eigenvalue weighted by Crippen LogP contribution is 2.19. The fourth-order valence-electron chi connectivity index (χ4n) is 2.15. The van der Waals surface area contributed by atoms with E-state index in [1.165, 1.54) is 10.5 Å². The third-order valence-corrected chi connectivity index (χ3v) is 5.00. The van der Waals surface area contributed by atoms with E-state index in [-0.39, 0.29) is 6.61 Å². The summed E-state index contributed by atoms with van der Waals surface area (Å²) in [5.74, 6) is 0.903. The van der Waals surface area contributed by atoms with Crippen LogP contribution < -0.4 is 5.32 Å². The number of halogens is 1. The van der Waals surface area contributed by atoms with Crippen LogP contribution in [0.5, 0.6) is 0 Å². The van der Waals surface area contributed by atoms with Crippen molar-refractivity contribution >= 4 is 40.7 Å². The zero-order valence-corrected chi connectivity index (χ0v) is 15.7.